The molecule has 0 atom stereocenters. The summed E-state index contributed by atoms with van der Waals surface area (Å²) in [6.45, 7) is 1.99. The average Bonchev–Trinajstić information content (AvgIpc) is 2.87. The van der Waals surface area contributed by atoms with Crippen LogP contribution in [0.1, 0.15) is 17.3 Å². The summed E-state index contributed by atoms with van der Waals surface area (Å²) in [5.41, 5.74) is 0.674. The summed E-state index contributed by atoms with van der Waals surface area (Å²) in [5, 5.41) is 0. The fourth-order valence-electron chi connectivity index (χ4n) is 1.46. The number of anilines is 1. The number of hydrogen-bond donors (Lipinski definition) is 1. The van der Waals surface area contributed by atoms with Gasteiger partial charge in [-0.15, -0.1) is 0 Å². The summed E-state index contributed by atoms with van der Waals surface area (Å²) in [5.74, 6) is -0.457. The monoisotopic (exact) mass is 346 g/mol. The number of carbonyl (C=O) groups is 1. The van der Waals surface area contributed by atoms with E-state index in [0.29, 0.717) is 11.3 Å². The van der Waals surface area contributed by atoms with Crippen LogP contribution in [-0.2, 0) is 14.8 Å². The Kier molecular flexibility index (Phi) is 4.81. The van der Waals surface area contributed by atoms with Gasteiger partial charge in [0.1, 0.15) is 0 Å². The highest BCUT2D eigenvalue weighted by Crippen LogP contribution is 2.24. The van der Waals surface area contributed by atoms with Crippen molar-refractivity contribution in [3.8, 4) is 0 Å². The number of carbonyl (C=O) groups excluding carboxylic acids is 1. The molecule has 0 radical (unpaired) electrons. The van der Waals surface area contributed by atoms with Crippen LogP contribution in [-0.4, -0.2) is 26.0 Å². The molecule has 9 heteroatoms. The lowest BCUT2D eigenvalue weighted by Gasteiger charge is -2.06. The fraction of sp³-hybridized carbons (Fsp3) is 0.167. The van der Waals surface area contributed by atoms with Gasteiger partial charge in [0.15, 0.2) is 8.68 Å². The molecule has 2 rings (SSSR count). The van der Waals surface area contributed by atoms with Crippen LogP contribution in [0.5, 0.6) is 0 Å². The first-order valence-corrected chi connectivity index (χ1v) is 8.51. The molecule has 0 unspecified atom stereocenters. The first kappa shape index (κ1) is 15.7. The second kappa shape index (κ2) is 6.42. The van der Waals surface area contributed by atoms with Crippen molar-refractivity contribution in [1.82, 2.24) is 4.98 Å². The maximum atomic E-state index is 12.0. The number of esters is 1. The van der Waals surface area contributed by atoms with E-state index in [1.54, 1.807) is 6.92 Å². The highest BCUT2D eigenvalue weighted by molar-refractivity contribution is 7.94. The molecule has 2 aromatic rings. The Morgan fingerprint density at radius 1 is 1.38 bits per heavy atom. The third-order valence-electron chi connectivity index (χ3n) is 2.37. The fourth-order valence-corrected chi connectivity index (χ4v) is 3.81. The van der Waals surface area contributed by atoms with Crippen molar-refractivity contribution in [2.24, 2.45) is 0 Å². The van der Waals surface area contributed by atoms with E-state index < -0.39 is 16.0 Å². The molecule has 0 aliphatic heterocycles. The predicted molar refractivity (Wildman–Crippen MR) is 80.3 cm³/mol. The molecule has 0 saturated heterocycles. The van der Waals surface area contributed by atoms with Crippen LogP contribution in [0.15, 0.2) is 34.7 Å². The molecule has 0 aliphatic rings. The van der Waals surface area contributed by atoms with Crippen molar-refractivity contribution in [1.29, 1.82) is 0 Å². The summed E-state index contributed by atoms with van der Waals surface area (Å²) in [6, 6.07) is 5.92. The minimum atomic E-state index is -3.73. The van der Waals surface area contributed by atoms with Crippen molar-refractivity contribution >= 4 is 44.6 Å². The molecule has 1 aromatic carbocycles. The summed E-state index contributed by atoms with van der Waals surface area (Å²) in [7, 11) is -3.73. The largest absolute Gasteiger partial charge is 0.462 e. The van der Waals surface area contributed by atoms with Crippen molar-refractivity contribution in [2.45, 2.75) is 11.1 Å². The molecule has 0 saturated carbocycles. The second-order valence-electron chi connectivity index (χ2n) is 3.84. The number of hydrogen-bond acceptors (Lipinski definition) is 6. The summed E-state index contributed by atoms with van der Waals surface area (Å²) in [4.78, 5) is 15.2. The van der Waals surface area contributed by atoms with Crippen LogP contribution in [0.4, 0.5) is 5.69 Å². The van der Waals surface area contributed by atoms with Crippen molar-refractivity contribution in [3.63, 3.8) is 0 Å². The lowest BCUT2D eigenvalue weighted by Crippen LogP contribution is -2.11. The predicted octanol–water partition coefficient (Wildman–Crippen LogP) is 2.77. The maximum absolute atomic E-state index is 12.0. The number of aromatic nitrogens is 1. The van der Waals surface area contributed by atoms with Crippen molar-refractivity contribution in [3.05, 3.63) is 40.5 Å². The van der Waals surface area contributed by atoms with Gasteiger partial charge in [0.2, 0.25) is 0 Å². The number of ether oxygens (including phenoxy) is 1. The van der Waals surface area contributed by atoms with Gasteiger partial charge in [-0.05, 0) is 31.2 Å². The molecule has 6 nitrogen and oxygen atoms in total. The Balaban J connectivity index is 2.15. The highest BCUT2D eigenvalue weighted by atomic mass is 35.5. The second-order valence-corrected chi connectivity index (χ2v) is 7.36. The highest BCUT2D eigenvalue weighted by Gasteiger charge is 2.18. The lowest BCUT2D eigenvalue weighted by molar-refractivity contribution is 0.0526. The minimum absolute atomic E-state index is 0.0157. The van der Waals surface area contributed by atoms with Gasteiger partial charge in [0.25, 0.3) is 10.0 Å². The van der Waals surface area contributed by atoms with Crippen LogP contribution in [0.2, 0.25) is 4.47 Å². The maximum Gasteiger partial charge on any atom is 0.338 e. The van der Waals surface area contributed by atoms with E-state index in [9.17, 15) is 13.2 Å². The number of halogens is 1. The van der Waals surface area contributed by atoms with E-state index in [0.717, 1.165) is 11.3 Å². The van der Waals surface area contributed by atoms with Crippen LogP contribution in [0.3, 0.4) is 0 Å². The molecule has 0 aliphatic carbocycles. The Labute approximate surface area is 130 Å². The molecule has 0 fully saturated rings. The Morgan fingerprint density at radius 2 is 2.05 bits per heavy atom. The molecule has 0 spiro atoms. The normalized spacial score (nSPS) is 11.1. The van der Waals surface area contributed by atoms with E-state index in [1.165, 1.54) is 30.5 Å². The molecule has 0 amide bonds. The minimum Gasteiger partial charge on any atom is -0.462 e. The lowest BCUT2D eigenvalue weighted by atomic mass is 10.2. The molecule has 0 bridgehead atoms. The number of rotatable bonds is 5. The number of sulfonamides is 1. The van der Waals surface area contributed by atoms with Crippen molar-refractivity contribution in [2.75, 3.05) is 11.3 Å². The molecule has 1 heterocycles. The first-order chi connectivity index (χ1) is 9.92. The van der Waals surface area contributed by atoms with Crippen LogP contribution < -0.4 is 4.72 Å². The number of nitrogens with zero attached hydrogens (tertiary/aromatic N) is 1. The van der Waals surface area contributed by atoms with Gasteiger partial charge in [-0.25, -0.2) is 18.2 Å². The Bertz CT molecular complexity index is 741. The number of benzene rings is 1. The van der Waals surface area contributed by atoms with Crippen LogP contribution >= 0.6 is 22.9 Å². The standard InChI is InChI=1S/C12H11ClN2O4S2/c1-2-19-11(16)8-3-5-9(6-4-8)15-21(17,18)10-7-14-12(13)20-10/h3-7,15H,2H2,1H3. The topological polar surface area (TPSA) is 85.4 Å². The van der Waals surface area contributed by atoms with Crippen molar-refractivity contribution < 1.29 is 17.9 Å². The molecule has 21 heavy (non-hydrogen) atoms. The van der Waals surface area contributed by atoms with E-state index in [1.807, 2.05) is 0 Å². The zero-order valence-corrected chi connectivity index (χ0v) is 13.3. The molecular formula is C12H11ClN2O4S2. The van der Waals surface area contributed by atoms with Crippen LogP contribution in [0, 0.1) is 0 Å². The smallest absolute Gasteiger partial charge is 0.338 e. The Hall–Kier alpha value is -1.64. The van der Waals surface area contributed by atoms with Gasteiger partial charge < -0.3 is 4.74 Å². The molecule has 1 aromatic heterocycles. The molecular weight excluding hydrogens is 336 g/mol. The van der Waals surface area contributed by atoms with E-state index in [4.69, 9.17) is 16.3 Å². The zero-order chi connectivity index (χ0) is 15.5. The quantitative estimate of drug-likeness (QED) is 0.841. The van der Waals surface area contributed by atoms with Gasteiger partial charge in [-0.1, -0.05) is 22.9 Å². The zero-order valence-electron chi connectivity index (χ0n) is 10.9. The molecule has 112 valence electrons. The summed E-state index contributed by atoms with van der Waals surface area (Å²) in [6.07, 6.45) is 1.18. The third kappa shape index (κ3) is 3.93. The van der Waals surface area contributed by atoms with Gasteiger partial charge in [0, 0.05) is 5.69 Å². The van der Waals surface area contributed by atoms with Gasteiger partial charge in [-0.3, -0.25) is 4.72 Å². The number of nitrogens with one attached hydrogen (secondary N) is 1. The summed E-state index contributed by atoms with van der Waals surface area (Å²) >= 11 is 6.48. The molecule has 1 N–H and O–H groups in total. The van der Waals surface area contributed by atoms with Gasteiger partial charge in [0.05, 0.1) is 18.4 Å². The van der Waals surface area contributed by atoms with E-state index in [-0.39, 0.29) is 15.3 Å². The van der Waals surface area contributed by atoms with Crippen LogP contribution in [0.25, 0.3) is 0 Å². The van der Waals surface area contributed by atoms with E-state index >= 15 is 0 Å². The summed E-state index contributed by atoms with van der Waals surface area (Å²) < 4.78 is 31.5. The van der Waals surface area contributed by atoms with Gasteiger partial charge >= 0.3 is 5.97 Å². The SMILES string of the molecule is CCOC(=O)c1ccc(NS(=O)(=O)c2cnc(Cl)s2)cc1. The number of thiazole rings is 1. The average molecular weight is 347 g/mol. The first-order valence-electron chi connectivity index (χ1n) is 5.83. The third-order valence-corrected chi connectivity index (χ3v) is 5.33. The van der Waals surface area contributed by atoms with E-state index in [2.05, 4.69) is 9.71 Å². The Morgan fingerprint density at radius 3 is 2.57 bits per heavy atom. The van der Waals surface area contributed by atoms with Gasteiger partial charge in [-0.2, -0.15) is 0 Å².